The van der Waals surface area contributed by atoms with E-state index in [0.717, 1.165) is 19.3 Å². The zero-order valence-corrected chi connectivity index (χ0v) is 13.1. The van der Waals surface area contributed by atoms with Crippen molar-refractivity contribution in [2.75, 3.05) is 12.4 Å². The molecule has 0 aromatic heterocycles. The Morgan fingerprint density at radius 1 is 1.38 bits per heavy atom. The summed E-state index contributed by atoms with van der Waals surface area (Å²) in [5, 5.41) is 2.72. The van der Waals surface area contributed by atoms with Crippen LogP contribution in [0.2, 0.25) is 0 Å². The molecular weight excluding hydrogens is 290 g/mol. The Morgan fingerprint density at radius 2 is 2.05 bits per heavy atom. The molecule has 1 aromatic rings. The molecule has 4 N–H and O–H groups in total. The van der Waals surface area contributed by atoms with E-state index in [1.807, 2.05) is 0 Å². The maximum absolute atomic E-state index is 12.0. The van der Waals surface area contributed by atoms with Gasteiger partial charge in [-0.25, -0.2) is 13.1 Å². The van der Waals surface area contributed by atoms with E-state index in [9.17, 15) is 13.2 Å². The number of hydrogen-bond acceptors (Lipinski definition) is 4. The molecule has 21 heavy (non-hydrogen) atoms. The van der Waals surface area contributed by atoms with Crippen LogP contribution in [0.5, 0.6) is 0 Å². The van der Waals surface area contributed by atoms with Gasteiger partial charge in [0.05, 0.1) is 4.90 Å². The predicted octanol–water partition coefficient (Wildman–Crippen LogP) is 1.11. The van der Waals surface area contributed by atoms with Gasteiger partial charge >= 0.3 is 0 Å². The van der Waals surface area contributed by atoms with Gasteiger partial charge in [0.1, 0.15) is 0 Å². The van der Waals surface area contributed by atoms with Gasteiger partial charge in [0, 0.05) is 17.6 Å². The molecule has 1 aromatic carbocycles. The first kappa shape index (κ1) is 15.9. The average Bonchev–Trinajstić information content (AvgIpc) is 2.39. The quantitative estimate of drug-likeness (QED) is 0.758. The van der Waals surface area contributed by atoms with Crippen LogP contribution in [0.25, 0.3) is 0 Å². The zero-order chi connectivity index (χ0) is 15.7. The van der Waals surface area contributed by atoms with Gasteiger partial charge in [-0.3, -0.25) is 4.79 Å². The SMILES string of the molecule is CNS(=O)(=O)c1cc(NC(=O)CC2(N)CCC2)ccc1C. The highest BCUT2D eigenvalue weighted by Crippen LogP contribution is 2.32. The lowest BCUT2D eigenvalue weighted by atomic mass is 9.75. The van der Waals surface area contributed by atoms with Gasteiger partial charge in [-0.1, -0.05) is 6.07 Å². The van der Waals surface area contributed by atoms with Crippen molar-refractivity contribution in [2.24, 2.45) is 5.73 Å². The first-order valence-corrected chi connectivity index (χ1v) is 8.37. The fraction of sp³-hybridized carbons (Fsp3) is 0.500. The Hall–Kier alpha value is -1.44. The molecule has 2 rings (SSSR count). The van der Waals surface area contributed by atoms with Crippen molar-refractivity contribution in [1.82, 2.24) is 4.72 Å². The van der Waals surface area contributed by atoms with Crippen LogP contribution in [0, 0.1) is 6.92 Å². The molecule has 1 aliphatic rings. The summed E-state index contributed by atoms with van der Waals surface area (Å²) in [7, 11) is -2.19. The molecule has 1 amide bonds. The van der Waals surface area contributed by atoms with Crippen molar-refractivity contribution in [3.05, 3.63) is 23.8 Å². The molecule has 0 aliphatic heterocycles. The summed E-state index contributed by atoms with van der Waals surface area (Å²) in [5.74, 6) is -0.186. The average molecular weight is 311 g/mol. The normalized spacial score (nSPS) is 17.1. The van der Waals surface area contributed by atoms with Crippen LogP contribution in [0.1, 0.15) is 31.2 Å². The van der Waals surface area contributed by atoms with Gasteiger partial charge in [0.25, 0.3) is 0 Å². The number of rotatable bonds is 5. The number of benzene rings is 1. The van der Waals surface area contributed by atoms with Crippen molar-refractivity contribution < 1.29 is 13.2 Å². The number of anilines is 1. The molecule has 0 bridgehead atoms. The van der Waals surface area contributed by atoms with Crippen LogP contribution >= 0.6 is 0 Å². The second-order valence-corrected chi connectivity index (χ2v) is 7.48. The molecule has 1 saturated carbocycles. The van der Waals surface area contributed by atoms with Gasteiger partial charge in [0.2, 0.25) is 15.9 Å². The Labute approximate surface area is 125 Å². The van der Waals surface area contributed by atoms with Gasteiger partial charge in [-0.05, 0) is 50.9 Å². The van der Waals surface area contributed by atoms with Gasteiger partial charge < -0.3 is 11.1 Å². The minimum Gasteiger partial charge on any atom is -0.326 e. The van der Waals surface area contributed by atoms with Crippen LogP contribution < -0.4 is 15.8 Å². The molecule has 7 heteroatoms. The number of carbonyl (C=O) groups excluding carboxylic acids is 1. The number of amides is 1. The molecule has 1 aliphatic carbocycles. The van der Waals surface area contributed by atoms with E-state index in [1.165, 1.54) is 13.1 Å². The first-order valence-electron chi connectivity index (χ1n) is 6.89. The third kappa shape index (κ3) is 3.61. The van der Waals surface area contributed by atoms with E-state index in [1.54, 1.807) is 19.1 Å². The first-order chi connectivity index (χ1) is 9.76. The monoisotopic (exact) mass is 311 g/mol. The van der Waals surface area contributed by atoms with E-state index >= 15 is 0 Å². The summed E-state index contributed by atoms with van der Waals surface area (Å²) < 4.78 is 26.1. The fourth-order valence-electron chi connectivity index (χ4n) is 2.41. The highest BCUT2D eigenvalue weighted by molar-refractivity contribution is 7.89. The van der Waals surface area contributed by atoms with Crippen molar-refractivity contribution in [3.8, 4) is 0 Å². The van der Waals surface area contributed by atoms with Gasteiger partial charge in [-0.2, -0.15) is 0 Å². The third-order valence-corrected chi connectivity index (χ3v) is 5.45. The number of carbonyl (C=O) groups is 1. The van der Waals surface area contributed by atoms with Gasteiger partial charge in [0.15, 0.2) is 0 Å². The lowest BCUT2D eigenvalue weighted by Gasteiger charge is -2.37. The van der Waals surface area contributed by atoms with E-state index in [0.29, 0.717) is 11.3 Å². The number of sulfonamides is 1. The molecule has 1 fully saturated rings. The molecule has 0 unspecified atom stereocenters. The van der Waals surface area contributed by atoms with Gasteiger partial charge in [-0.15, -0.1) is 0 Å². The van der Waals surface area contributed by atoms with Crippen molar-refractivity contribution in [1.29, 1.82) is 0 Å². The third-order valence-electron chi connectivity index (χ3n) is 3.89. The van der Waals surface area contributed by atoms with Crippen LogP contribution in [0.15, 0.2) is 23.1 Å². The van der Waals surface area contributed by atoms with Crippen LogP contribution in [-0.4, -0.2) is 26.9 Å². The summed E-state index contributed by atoms with van der Waals surface area (Å²) in [5.41, 5.74) is 6.72. The lowest BCUT2D eigenvalue weighted by molar-refractivity contribution is -0.118. The number of aryl methyl sites for hydroxylation is 1. The Morgan fingerprint density at radius 3 is 2.57 bits per heavy atom. The summed E-state index contributed by atoms with van der Waals surface area (Å²) in [6, 6.07) is 4.82. The summed E-state index contributed by atoms with van der Waals surface area (Å²) in [6.45, 7) is 1.71. The molecule has 0 saturated heterocycles. The summed E-state index contributed by atoms with van der Waals surface area (Å²) >= 11 is 0. The lowest BCUT2D eigenvalue weighted by Crippen LogP contribution is -2.48. The molecule has 116 valence electrons. The van der Waals surface area contributed by atoms with E-state index < -0.39 is 15.6 Å². The summed E-state index contributed by atoms with van der Waals surface area (Å²) in [4.78, 5) is 12.1. The Balaban J connectivity index is 2.14. The standard InChI is InChI=1S/C14H21N3O3S/c1-10-4-5-11(8-12(10)21(19,20)16-2)17-13(18)9-14(15)6-3-7-14/h4-5,8,16H,3,6-7,9,15H2,1-2H3,(H,17,18). The largest absolute Gasteiger partial charge is 0.326 e. The predicted molar refractivity (Wildman–Crippen MR) is 81.4 cm³/mol. The fourth-order valence-corrected chi connectivity index (χ4v) is 3.40. The smallest absolute Gasteiger partial charge is 0.240 e. The zero-order valence-electron chi connectivity index (χ0n) is 12.3. The second kappa shape index (κ2) is 5.75. The Kier molecular flexibility index (Phi) is 4.36. The molecule has 0 heterocycles. The van der Waals surface area contributed by atoms with Crippen LogP contribution in [0.4, 0.5) is 5.69 Å². The van der Waals surface area contributed by atoms with Crippen molar-refractivity contribution in [2.45, 2.75) is 43.0 Å². The maximum Gasteiger partial charge on any atom is 0.240 e. The van der Waals surface area contributed by atoms with Crippen molar-refractivity contribution in [3.63, 3.8) is 0 Å². The molecule has 0 atom stereocenters. The van der Waals surface area contributed by atoms with E-state index in [2.05, 4.69) is 10.0 Å². The molecule has 6 nitrogen and oxygen atoms in total. The Bertz CT molecular complexity index is 651. The van der Waals surface area contributed by atoms with E-state index in [4.69, 9.17) is 5.73 Å². The summed E-state index contributed by atoms with van der Waals surface area (Å²) in [6.07, 6.45) is 3.02. The number of nitrogens with one attached hydrogen (secondary N) is 2. The maximum atomic E-state index is 12.0. The number of nitrogens with two attached hydrogens (primary N) is 1. The van der Waals surface area contributed by atoms with Crippen molar-refractivity contribution >= 4 is 21.6 Å². The van der Waals surface area contributed by atoms with E-state index in [-0.39, 0.29) is 17.2 Å². The highest BCUT2D eigenvalue weighted by atomic mass is 32.2. The number of hydrogen-bond donors (Lipinski definition) is 3. The van der Waals surface area contributed by atoms with Crippen LogP contribution in [-0.2, 0) is 14.8 Å². The minimum absolute atomic E-state index is 0.161. The molecule has 0 spiro atoms. The highest BCUT2D eigenvalue weighted by Gasteiger charge is 2.34. The van der Waals surface area contributed by atoms with Crippen LogP contribution in [0.3, 0.4) is 0 Å². The minimum atomic E-state index is -3.54. The molecule has 0 radical (unpaired) electrons. The topological polar surface area (TPSA) is 101 Å². The second-order valence-electron chi connectivity index (χ2n) is 5.63. The molecular formula is C14H21N3O3S.